The Morgan fingerprint density at radius 2 is 1.94 bits per heavy atom. The summed E-state index contributed by atoms with van der Waals surface area (Å²) in [6, 6.07) is 12.3. The van der Waals surface area contributed by atoms with Gasteiger partial charge in [0, 0.05) is 4.88 Å². The molecule has 0 bridgehead atoms. The molecule has 0 spiro atoms. The average Bonchev–Trinajstić information content (AvgIpc) is 2.83. The van der Waals surface area contributed by atoms with Crippen LogP contribution in [0.1, 0.15) is 22.2 Å². The molecule has 0 amide bonds. The van der Waals surface area contributed by atoms with Crippen molar-refractivity contribution in [3.8, 4) is 5.75 Å². The van der Waals surface area contributed by atoms with E-state index in [1.54, 1.807) is 18.4 Å². The van der Waals surface area contributed by atoms with E-state index in [4.69, 9.17) is 16.3 Å². The number of ether oxygens (including phenoxy) is 1. The highest BCUT2D eigenvalue weighted by Gasteiger charge is 2.10. The summed E-state index contributed by atoms with van der Waals surface area (Å²) in [7, 11) is 1.68. The summed E-state index contributed by atoms with van der Waals surface area (Å²) in [5.41, 5.74) is 1.29. The van der Waals surface area contributed by atoms with Crippen LogP contribution in [0.3, 0.4) is 0 Å². The van der Waals surface area contributed by atoms with E-state index in [2.05, 4.69) is 34.1 Å². The summed E-state index contributed by atoms with van der Waals surface area (Å²) < 4.78 is 6.27. The van der Waals surface area contributed by atoms with Crippen LogP contribution in [-0.2, 0) is 6.42 Å². The maximum atomic E-state index is 6.39. The average molecular weight is 346 g/mol. The topological polar surface area (TPSA) is 9.23 Å². The zero-order valence-electron chi connectivity index (χ0n) is 10.0. The molecule has 4 heteroatoms. The van der Waals surface area contributed by atoms with Crippen LogP contribution in [0, 0.1) is 0 Å². The molecule has 1 heterocycles. The molecule has 0 aliphatic heterocycles. The lowest BCUT2D eigenvalue weighted by Crippen LogP contribution is -1.92. The molecule has 0 saturated carbocycles. The Morgan fingerprint density at radius 1 is 1.22 bits per heavy atom. The minimum Gasteiger partial charge on any atom is -0.497 e. The first-order valence-electron chi connectivity index (χ1n) is 5.71. The van der Waals surface area contributed by atoms with Gasteiger partial charge in [0.1, 0.15) is 5.75 Å². The SMILES string of the molecule is COc1ccc(CCC(Cl)c2ccc(Br)s2)cc1. The van der Waals surface area contributed by atoms with E-state index in [0.29, 0.717) is 0 Å². The molecule has 0 N–H and O–H groups in total. The molecule has 96 valence electrons. The standard InChI is InChI=1S/C14H14BrClOS/c1-17-11-5-2-10(3-6-11)4-7-12(16)13-8-9-14(15)18-13/h2-3,5-6,8-9,12H,4,7H2,1H3. The fourth-order valence-corrected chi connectivity index (χ4v) is 3.48. The van der Waals surface area contributed by atoms with E-state index in [9.17, 15) is 0 Å². The Kier molecular flexibility index (Phi) is 5.10. The molecule has 0 fully saturated rings. The number of hydrogen-bond donors (Lipinski definition) is 0. The van der Waals surface area contributed by atoms with Crippen molar-refractivity contribution in [2.75, 3.05) is 7.11 Å². The number of thiophene rings is 1. The van der Waals surface area contributed by atoms with Gasteiger partial charge in [0.15, 0.2) is 0 Å². The molecule has 2 rings (SSSR count). The summed E-state index contributed by atoms with van der Waals surface area (Å²) in [5.74, 6) is 0.892. The van der Waals surface area contributed by atoms with E-state index in [0.717, 1.165) is 22.4 Å². The van der Waals surface area contributed by atoms with E-state index in [-0.39, 0.29) is 5.38 Å². The smallest absolute Gasteiger partial charge is 0.118 e. The molecular weight excluding hydrogens is 332 g/mol. The number of aryl methyl sites for hydroxylation is 1. The summed E-state index contributed by atoms with van der Waals surface area (Å²) in [4.78, 5) is 1.22. The Bertz CT molecular complexity index is 495. The lowest BCUT2D eigenvalue weighted by Gasteiger charge is -2.07. The summed E-state index contributed by atoms with van der Waals surface area (Å²) in [5, 5.41) is 0.0865. The van der Waals surface area contributed by atoms with Gasteiger partial charge in [0.25, 0.3) is 0 Å². The first-order chi connectivity index (χ1) is 8.69. The predicted molar refractivity (Wildman–Crippen MR) is 81.9 cm³/mol. The highest BCUT2D eigenvalue weighted by atomic mass is 79.9. The second-order valence-electron chi connectivity index (χ2n) is 4.00. The maximum Gasteiger partial charge on any atom is 0.118 e. The van der Waals surface area contributed by atoms with Gasteiger partial charge in [0.2, 0.25) is 0 Å². The summed E-state index contributed by atoms with van der Waals surface area (Å²) in [6.07, 6.45) is 1.93. The van der Waals surface area contributed by atoms with Crippen molar-refractivity contribution in [3.63, 3.8) is 0 Å². The van der Waals surface area contributed by atoms with Crippen molar-refractivity contribution < 1.29 is 4.74 Å². The summed E-state index contributed by atoms with van der Waals surface area (Å²) in [6.45, 7) is 0. The van der Waals surface area contributed by atoms with E-state index < -0.39 is 0 Å². The number of alkyl halides is 1. The third kappa shape index (κ3) is 3.74. The molecular formula is C14H14BrClOS. The van der Waals surface area contributed by atoms with Gasteiger partial charge in [-0.25, -0.2) is 0 Å². The van der Waals surface area contributed by atoms with Crippen LogP contribution in [0.2, 0.25) is 0 Å². The molecule has 18 heavy (non-hydrogen) atoms. The van der Waals surface area contributed by atoms with Crippen molar-refractivity contribution in [2.45, 2.75) is 18.2 Å². The molecule has 0 radical (unpaired) electrons. The van der Waals surface area contributed by atoms with Gasteiger partial charge in [-0.05, 0) is 58.6 Å². The molecule has 1 unspecified atom stereocenters. The van der Waals surface area contributed by atoms with Crippen LogP contribution in [0.15, 0.2) is 40.2 Å². The lowest BCUT2D eigenvalue weighted by molar-refractivity contribution is 0.414. The van der Waals surface area contributed by atoms with Crippen LogP contribution in [0.25, 0.3) is 0 Å². The molecule has 0 aliphatic rings. The molecule has 0 saturated heterocycles. The minimum atomic E-state index is 0.0865. The quantitative estimate of drug-likeness (QED) is 0.656. The Hall–Kier alpha value is -0.510. The van der Waals surface area contributed by atoms with Gasteiger partial charge in [0.05, 0.1) is 16.3 Å². The molecule has 1 nitrogen and oxygen atoms in total. The normalized spacial score (nSPS) is 12.4. The molecule has 2 aromatic rings. The monoisotopic (exact) mass is 344 g/mol. The van der Waals surface area contributed by atoms with Crippen LogP contribution in [0.5, 0.6) is 5.75 Å². The number of hydrogen-bond acceptors (Lipinski definition) is 2. The molecule has 1 aromatic carbocycles. The first kappa shape index (κ1) is 13.9. The number of methoxy groups -OCH3 is 1. The fourth-order valence-electron chi connectivity index (χ4n) is 1.72. The number of rotatable bonds is 5. The van der Waals surface area contributed by atoms with Gasteiger partial charge in [-0.15, -0.1) is 22.9 Å². The first-order valence-corrected chi connectivity index (χ1v) is 7.76. The second kappa shape index (κ2) is 6.60. The third-order valence-corrected chi connectivity index (χ3v) is 5.07. The number of halogens is 2. The van der Waals surface area contributed by atoms with Gasteiger partial charge >= 0.3 is 0 Å². The fraction of sp³-hybridized carbons (Fsp3) is 0.286. The third-order valence-electron chi connectivity index (χ3n) is 2.75. The zero-order chi connectivity index (χ0) is 13.0. The minimum absolute atomic E-state index is 0.0865. The van der Waals surface area contributed by atoms with Gasteiger partial charge in [-0.3, -0.25) is 0 Å². The zero-order valence-corrected chi connectivity index (χ0v) is 13.2. The van der Waals surface area contributed by atoms with E-state index in [1.165, 1.54) is 10.4 Å². The second-order valence-corrected chi connectivity index (χ2v) is 7.02. The maximum absolute atomic E-state index is 6.39. The van der Waals surface area contributed by atoms with Gasteiger partial charge in [-0.1, -0.05) is 12.1 Å². The Labute approximate surface area is 125 Å². The van der Waals surface area contributed by atoms with E-state index >= 15 is 0 Å². The highest BCUT2D eigenvalue weighted by Crippen LogP contribution is 2.33. The Balaban J connectivity index is 1.90. The van der Waals surface area contributed by atoms with Crippen LogP contribution in [0.4, 0.5) is 0 Å². The number of benzene rings is 1. The van der Waals surface area contributed by atoms with Crippen molar-refractivity contribution in [3.05, 3.63) is 50.6 Å². The molecule has 1 aromatic heterocycles. The van der Waals surface area contributed by atoms with Crippen LogP contribution < -0.4 is 4.74 Å². The largest absolute Gasteiger partial charge is 0.497 e. The van der Waals surface area contributed by atoms with Crippen molar-refractivity contribution in [2.24, 2.45) is 0 Å². The predicted octanol–water partition coefficient (Wildman–Crippen LogP) is 5.43. The highest BCUT2D eigenvalue weighted by molar-refractivity contribution is 9.11. The Morgan fingerprint density at radius 3 is 2.50 bits per heavy atom. The molecule has 0 aliphatic carbocycles. The van der Waals surface area contributed by atoms with Crippen LogP contribution in [-0.4, -0.2) is 7.11 Å². The van der Waals surface area contributed by atoms with E-state index in [1.807, 2.05) is 18.2 Å². The van der Waals surface area contributed by atoms with Crippen molar-refractivity contribution >= 4 is 38.9 Å². The summed E-state index contributed by atoms with van der Waals surface area (Å²) >= 11 is 11.6. The van der Waals surface area contributed by atoms with Gasteiger partial charge < -0.3 is 4.74 Å². The lowest BCUT2D eigenvalue weighted by atomic mass is 10.1. The van der Waals surface area contributed by atoms with Crippen molar-refractivity contribution in [1.82, 2.24) is 0 Å². The van der Waals surface area contributed by atoms with Crippen molar-refractivity contribution in [1.29, 1.82) is 0 Å². The van der Waals surface area contributed by atoms with Crippen LogP contribution >= 0.6 is 38.9 Å². The van der Waals surface area contributed by atoms with Gasteiger partial charge in [-0.2, -0.15) is 0 Å². The molecule has 1 atom stereocenters.